The van der Waals surface area contributed by atoms with Crippen LogP contribution in [0.5, 0.6) is 0 Å². The molecule has 0 bridgehead atoms. The van der Waals surface area contributed by atoms with Crippen LogP contribution in [0.1, 0.15) is 22.3 Å². The zero-order valence-electron chi connectivity index (χ0n) is 12.7. The monoisotopic (exact) mass is 338 g/mol. The number of thiol groups is 1. The van der Waals surface area contributed by atoms with Crippen molar-refractivity contribution in [3.05, 3.63) is 58.7 Å². The number of fused-ring (bicyclic) bond motifs is 1. The van der Waals surface area contributed by atoms with E-state index in [1.807, 2.05) is 24.3 Å². The summed E-state index contributed by atoms with van der Waals surface area (Å²) in [5.41, 5.74) is 5.02. The summed E-state index contributed by atoms with van der Waals surface area (Å²) in [7, 11) is -2.68. The lowest BCUT2D eigenvalue weighted by atomic mass is 9.92. The fourth-order valence-corrected chi connectivity index (χ4v) is 3.27. The van der Waals surface area contributed by atoms with Crippen LogP contribution in [0.15, 0.2) is 36.4 Å². The third-order valence-electron chi connectivity index (χ3n) is 4.00. The Labute approximate surface area is 141 Å². The molecule has 6 nitrogen and oxygen atoms in total. The summed E-state index contributed by atoms with van der Waals surface area (Å²) in [6, 6.07) is 13.3. The van der Waals surface area contributed by atoms with Gasteiger partial charge in [0.05, 0.1) is 24.7 Å². The van der Waals surface area contributed by atoms with E-state index in [-0.39, 0.29) is 6.54 Å². The molecule has 7 heteroatoms. The molecule has 120 valence electrons. The molecule has 0 fully saturated rings. The quantitative estimate of drug-likeness (QED) is 0.652. The van der Waals surface area contributed by atoms with Gasteiger partial charge in [-0.2, -0.15) is 10.5 Å². The van der Waals surface area contributed by atoms with E-state index >= 15 is 0 Å². The second kappa shape index (κ2) is 6.71. The van der Waals surface area contributed by atoms with Crippen molar-refractivity contribution < 1.29 is 8.42 Å². The van der Waals surface area contributed by atoms with Crippen molar-refractivity contribution in [1.29, 1.82) is 10.5 Å². The molecule has 24 heavy (non-hydrogen) atoms. The van der Waals surface area contributed by atoms with Gasteiger partial charge in [-0.15, -0.1) is 0 Å². The standard InChI is InChI=1S/C17H14N4O2S/c18-7-13-3-1-2-4-15(13)16-6-12(8-20-24(22)23)5-14-9-21(11-19)10-17(14)16/h1-6,24H,8-10H2,(H,20,22,23). The van der Waals surface area contributed by atoms with Gasteiger partial charge in [-0.05, 0) is 39.9 Å². The van der Waals surface area contributed by atoms with Gasteiger partial charge in [-0.25, -0.2) is 13.1 Å². The van der Waals surface area contributed by atoms with Crippen LogP contribution in [-0.2, 0) is 30.5 Å². The molecule has 3 rings (SSSR count). The fourth-order valence-electron chi connectivity index (χ4n) is 2.96. The summed E-state index contributed by atoms with van der Waals surface area (Å²) in [4.78, 5) is 1.63. The number of nitrogens with one attached hydrogen (secondary N) is 1. The highest BCUT2D eigenvalue weighted by Crippen LogP contribution is 2.35. The SMILES string of the molecule is N#Cc1ccccc1-c1cc(CN[SH](=O)=O)cc2c1CN(C#N)C2. The number of hydrogen-bond donors (Lipinski definition) is 2. The molecule has 0 unspecified atom stereocenters. The van der Waals surface area contributed by atoms with E-state index in [1.54, 1.807) is 17.0 Å². The maximum atomic E-state index is 10.8. The molecule has 0 aromatic heterocycles. The summed E-state index contributed by atoms with van der Waals surface area (Å²) in [6.07, 6.45) is 2.14. The maximum Gasteiger partial charge on any atom is 0.201 e. The first kappa shape index (κ1) is 16.0. The topological polar surface area (TPSA) is 97.0 Å². The third kappa shape index (κ3) is 3.09. The minimum Gasteiger partial charge on any atom is -0.302 e. The van der Waals surface area contributed by atoms with Gasteiger partial charge in [-0.1, -0.05) is 24.3 Å². The number of rotatable bonds is 4. The Morgan fingerprint density at radius 1 is 1.12 bits per heavy atom. The molecule has 0 aliphatic carbocycles. The molecular weight excluding hydrogens is 324 g/mol. The first-order valence-corrected chi connectivity index (χ1v) is 8.47. The minimum absolute atomic E-state index is 0.181. The molecule has 1 aliphatic heterocycles. The molecule has 1 heterocycles. The van der Waals surface area contributed by atoms with Crippen LogP contribution in [-0.4, -0.2) is 13.3 Å². The smallest absolute Gasteiger partial charge is 0.201 e. The van der Waals surface area contributed by atoms with Crippen LogP contribution in [0.25, 0.3) is 11.1 Å². The van der Waals surface area contributed by atoms with Crippen molar-refractivity contribution in [1.82, 2.24) is 9.62 Å². The Kier molecular flexibility index (Phi) is 4.48. The molecule has 2 aromatic rings. The molecule has 0 saturated carbocycles. The van der Waals surface area contributed by atoms with Crippen molar-refractivity contribution in [2.75, 3.05) is 0 Å². The normalized spacial score (nSPS) is 12.7. The highest BCUT2D eigenvalue weighted by molar-refractivity contribution is 7.70. The van der Waals surface area contributed by atoms with Crippen molar-refractivity contribution >= 4 is 10.9 Å². The number of nitriles is 2. The zero-order chi connectivity index (χ0) is 17.1. The molecule has 2 aromatic carbocycles. The van der Waals surface area contributed by atoms with Gasteiger partial charge in [0.25, 0.3) is 0 Å². The van der Waals surface area contributed by atoms with Crippen LogP contribution in [0.3, 0.4) is 0 Å². The van der Waals surface area contributed by atoms with Crippen molar-refractivity contribution in [3.63, 3.8) is 0 Å². The van der Waals surface area contributed by atoms with Crippen LogP contribution in [0.2, 0.25) is 0 Å². The largest absolute Gasteiger partial charge is 0.302 e. The Morgan fingerprint density at radius 2 is 1.92 bits per heavy atom. The predicted molar refractivity (Wildman–Crippen MR) is 88.6 cm³/mol. The molecular formula is C17H14N4O2S. The highest BCUT2D eigenvalue weighted by Gasteiger charge is 2.23. The first-order chi connectivity index (χ1) is 11.6. The van der Waals surface area contributed by atoms with Crippen LogP contribution >= 0.6 is 0 Å². The average molecular weight is 338 g/mol. The maximum absolute atomic E-state index is 10.8. The Balaban J connectivity index is 2.14. The Morgan fingerprint density at radius 3 is 2.62 bits per heavy atom. The number of benzene rings is 2. The van der Waals surface area contributed by atoms with Crippen LogP contribution in [0.4, 0.5) is 0 Å². The lowest BCUT2D eigenvalue weighted by molar-refractivity contribution is 0.417. The molecule has 1 N–H and O–H groups in total. The van der Waals surface area contributed by atoms with E-state index < -0.39 is 10.9 Å². The van der Waals surface area contributed by atoms with Gasteiger partial charge in [0.15, 0.2) is 6.19 Å². The van der Waals surface area contributed by atoms with Gasteiger partial charge < -0.3 is 4.90 Å². The van der Waals surface area contributed by atoms with E-state index in [4.69, 9.17) is 0 Å². The minimum atomic E-state index is -2.68. The summed E-state index contributed by atoms with van der Waals surface area (Å²) >= 11 is 0. The van der Waals surface area contributed by atoms with E-state index in [9.17, 15) is 18.9 Å². The van der Waals surface area contributed by atoms with E-state index in [1.165, 1.54) is 0 Å². The first-order valence-electron chi connectivity index (χ1n) is 7.29. The van der Waals surface area contributed by atoms with E-state index in [0.717, 1.165) is 27.8 Å². The Hall–Kier alpha value is -2.87. The highest BCUT2D eigenvalue weighted by atomic mass is 32.2. The fraction of sp³-hybridized carbons (Fsp3) is 0.176. The van der Waals surface area contributed by atoms with Gasteiger partial charge in [0.1, 0.15) is 0 Å². The number of hydrogen-bond acceptors (Lipinski definition) is 5. The second-order valence-electron chi connectivity index (χ2n) is 5.49. The molecule has 0 radical (unpaired) electrons. The second-order valence-corrected chi connectivity index (χ2v) is 6.32. The van der Waals surface area contributed by atoms with Gasteiger partial charge in [0, 0.05) is 6.54 Å². The van der Waals surface area contributed by atoms with Crippen molar-refractivity contribution in [2.45, 2.75) is 19.6 Å². The van der Waals surface area contributed by atoms with Crippen LogP contribution in [0, 0.1) is 22.8 Å². The number of nitrogens with zero attached hydrogens (tertiary/aromatic N) is 3. The van der Waals surface area contributed by atoms with E-state index in [0.29, 0.717) is 18.7 Å². The van der Waals surface area contributed by atoms with E-state index in [2.05, 4.69) is 17.0 Å². The van der Waals surface area contributed by atoms with Gasteiger partial charge >= 0.3 is 0 Å². The van der Waals surface area contributed by atoms with Crippen molar-refractivity contribution in [2.24, 2.45) is 0 Å². The Bertz CT molecular complexity index is 946. The molecule has 0 spiro atoms. The average Bonchev–Trinajstić information content (AvgIpc) is 3.02. The predicted octanol–water partition coefficient (Wildman–Crippen LogP) is 1.64. The van der Waals surface area contributed by atoms with Crippen molar-refractivity contribution in [3.8, 4) is 23.4 Å². The zero-order valence-corrected chi connectivity index (χ0v) is 13.6. The molecule has 1 aliphatic rings. The van der Waals surface area contributed by atoms with Crippen LogP contribution < -0.4 is 4.72 Å². The van der Waals surface area contributed by atoms with Gasteiger partial charge in [-0.3, -0.25) is 0 Å². The molecule has 0 atom stereocenters. The van der Waals surface area contributed by atoms with Gasteiger partial charge in [0.2, 0.25) is 10.9 Å². The lowest BCUT2D eigenvalue weighted by Crippen LogP contribution is -2.11. The summed E-state index contributed by atoms with van der Waals surface area (Å²) < 4.78 is 24.0. The molecule has 0 saturated heterocycles. The molecule has 0 amide bonds. The summed E-state index contributed by atoms with van der Waals surface area (Å²) in [5, 5.41) is 18.5. The third-order valence-corrected chi connectivity index (χ3v) is 4.42. The summed E-state index contributed by atoms with van der Waals surface area (Å²) in [6.45, 7) is 1.16. The summed E-state index contributed by atoms with van der Waals surface area (Å²) in [5.74, 6) is 0. The lowest BCUT2D eigenvalue weighted by Gasteiger charge is -2.12.